The van der Waals surface area contributed by atoms with Crippen LogP contribution < -0.4 is 5.73 Å². The van der Waals surface area contributed by atoms with Gasteiger partial charge in [0.05, 0.1) is 12.2 Å². The zero-order chi connectivity index (χ0) is 16.2. The first-order valence-electron chi connectivity index (χ1n) is 8.19. The van der Waals surface area contributed by atoms with E-state index in [4.69, 9.17) is 10.5 Å². The number of amides is 1. The van der Waals surface area contributed by atoms with Gasteiger partial charge in [-0.15, -0.1) is 0 Å². The molecule has 0 aromatic heterocycles. The molecule has 0 aromatic carbocycles. The zero-order valence-corrected chi connectivity index (χ0v) is 13.5. The van der Waals surface area contributed by atoms with Gasteiger partial charge in [-0.1, -0.05) is 13.8 Å². The lowest BCUT2D eigenvalue weighted by molar-refractivity contribution is -0.153. The Labute approximate surface area is 131 Å². The Balaban J connectivity index is 1.65. The fourth-order valence-electron chi connectivity index (χ4n) is 4.08. The predicted molar refractivity (Wildman–Crippen MR) is 80.1 cm³/mol. The summed E-state index contributed by atoms with van der Waals surface area (Å²) in [4.78, 5) is 25.7. The average Bonchev–Trinajstić information content (AvgIpc) is 2.78. The molecular weight excluding hydrogens is 284 g/mol. The number of rotatable bonds is 5. The smallest absolute Gasteiger partial charge is 0.326 e. The minimum Gasteiger partial charge on any atom is -0.480 e. The Kier molecular flexibility index (Phi) is 3.72. The summed E-state index contributed by atoms with van der Waals surface area (Å²) in [5.41, 5.74) is 6.06. The second-order valence-electron chi connectivity index (χ2n) is 7.65. The third-order valence-electron chi connectivity index (χ3n) is 5.99. The zero-order valence-electron chi connectivity index (χ0n) is 13.5. The maximum Gasteiger partial charge on any atom is 0.326 e. The maximum atomic E-state index is 12.6. The minimum atomic E-state index is -0.925. The summed E-state index contributed by atoms with van der Waals surface area (Å²) in [6.07, 6.45) is 3.02. The minimum absolute atomic E-state index is 0.0119. The number of carbonyl (C=O) groups excluding carboxylic acids is 1. The van der Waals surface area contributed by atoms with Gasteiger partial charge in [0, 0.05) is 12.5 Å². The van der Waals surface area contributed by atoms with Crippen LogP contribution in [0, 0.1) is 17.3 Å². The molecule has 0 radical (unpaired) electrons. The van der Waals surface area contributed by atoms with Gasteiger partial charge in [0.15, 0.2) is 0 Å². The molecule has 6 nitrogen and oxygen atoms in total. The molecule has 3 fully saturated rings. The molecule has 6 heteroatoms. The number of carboxylic acids is 1. The fourth-order valence-corrected chi connectivity index (χ4v) is 4.08. The molecule has 124 valence electrons. The second-order valence-corrected chi connectivity index (χ2v) is 7.65. The van der Waals surface area contributed by atoms with E-state index in [2.05, 4.69) is 13.8 Å². The van der Waals surface area contributed by atoms with E-state index in [1.165, 1.54) is 4.90 Å². The molecule has 1 aliphatic heterocycles. The Hall–Kier alpha value is -1.14. The van der Waals surface area contributed by atoms with Gasteiger partial charge < -0.3 is 20.5 Å². The number of nitrogens with zero attached hydrogens (tertiary/aromatic N) is 1. The van der Waals surface area contributed by atoms with Gasteiger partial charge in [-0.3, -0.25) is 4.79 Å². The van der Waals surface area contributed by atoms with Gasteiger partial charge in [-0.2, -0.15) is 0 Å². The SMILES string of the molecule is C[C@@H](OC1CCC1)[C@H](N)C(=O)N1C[C@H]2[C@@H]([C@H]1C(=O)O)C2(C)C. The first kappa shape index (κ1) is 15.7. The molecule has 1 saturated heterocycles. The Morgan fingerprint density at radius 1 is 1.36 bits per heavy atom. The molecular formula is C16H26N2O4. The lowest BCUT2D eigenvalue weighted by atomic mass is 9.95. The van der Waals surface area contributed by atoms with Crippen molar-refractivity contribution >= 4 is 11.9 Å². The topological polar surface area (TPSA) is 92.9 Å². The van der Waals surface area contributed by atoms with Gasteiger partial charge in [0.1, 0.15) is 12.1 Å². The number of hydrogen-bond acceptors (Lipinski definition) is 4. The third kappa shape index (κ3) is 2.33. The standard InChI is InChI=1S/C16H26N2O4/c1-8(22-9-5-4-6-9)12(17)14(19)18-7-10-11(16(10,2)3)13(18)15(20)21/h8-13H,4-7,17H2,1-3H3,(H,20,21)/t8-,10+,11+,12+,13+/m1/s1. The molecule has 3 N–H and O–H groups in total. The van der Waals surface area contributed by atoms with Crippen LogP contribution in [-0.4, -0.2) is 52.7 Å². The summed E-state index contributed by atoms with van der Waals surface area (Å²) < 4.78 is 5.78. The van der Waals surface area contributed by atoms with Crippen molar-refractivity contribution in [3.05, 3.63) is 0 Å². The molecule has 1 heterocycles. The van der Waals surface area contributed by atoms with Crippen molar-refractivity contribution in [1.29, 1.82) is 0 Å². The van der Waals surface area contributed by atoms with E-state index in [1.54, 1.807) is 6.92 Å². The number of carboxylic acid groups (broad SMARTS) is 1. The summed E-state index contributed by atoms with van der Waals surface area (Å²) in [6, 6.07) is -1.53. The summed E-state index contributed by atoms with van der Waals surface area (Å²) in [7, 11) is 0. The highest BCUT2D eigenvalue weighted by Crippen LogP contribution is 2.64. The lowest BCUT2D eigenvalue weighted by Crippen LogP contribution is -2.55. The van der Waals surface area contributed by atoms with Crippen LogP contribution in [0.15, 0.2) is 0 Å². The molecule has 1 amide bonds. The molecule has 22 heavy (non-hydrogen) atoms. The monoisotopic (exact) mass is 310 g/mol. The highest BCUT2D eigenvalue weighted by atomic mass is 16.5. The number of aliphatic carboxylic acids is 1. The van der Waals surface area contributed by atoms with Crippen molar-refractivity contribution in [3.63, 3.8) is 0 Å². The molecule has 2 aliphatic carbocycles. The molecule has 0 aromatic rings. The molecule has 5 atom stereocenters. The summed E-state index contributed by atoms with van der Waals surface area (Å²) in [6.45, 7) is 6.44. The number of ether oxygens (including phenoxy) is 1. The van der Waals surface area contributed by atoms with Crippen molar-refractivity contribution in [2.24, 2.45) is 23.0 Å². The summed E-state index contributed by atoms with van der Waals surface area (Å²) >= 11 is 0. The van der Waals surface area contributed by atoms with E-state index in [0.29, 0.717) is 6.54 Å². The molecule has 0 spiro atoms. The highest BCUT2D eigenvalue weighted by molar-refractivity contribution is 5.89. The number of piperidine rings is 1. The number of hydrogen-bond donors (Lipinski definition) is 2. The Bertz CT molecular complexity index is 489. The normalized spacial score (nSPS) is 35.5. The fraction of sp³-hybridized carbons (Fsp3) is 0.875. The third-order valence-corrected chi connectivity index (χ3v) is 5.99. The van der Waals surface area contributed by atoms with Crippen molar-refractivity contribution in [2.45, 2.75) is 64.3 Å². The summed E-state index contributed by atoms with van der Waals surface area (Å²) in [5, 5.41) is 9.51. The van der Waals surface area contributed by atoms with E-state index in [9.17, 15) is 14.7 Å². The quantitative estimate of drug-likeness (QED) is 0.785. The van der Waals surface area contributed by atoms with Crippen molar-refractivity contribution < 1.29 is 19.4 Å². The Morgan fingerprint density at radius 3 is 2.50 bits per heavy atom. The van der Waals surface area contributed by atoms with Crippen LogP contribution in [0.25, 0.3) is 0 Å². The lowest BCUT2D eigenvalue weighted by Gasteiger charge is -2.34. The van der Waals surface area contributed by atoms with E-state index in [-0.39, 0.29) is 35.4 Å². The number of fused-ring (bicyclic) bond motifs is 1. The van der Waals surface area contributed by atoms with Gasteiger partial charge in [0.2, 0.25) is 5.91 Å². The van der Waals surface area contributed by atoms with E-state index in [1.807, 2.05) is 0 Å². The van der Waals surface area contributed by atoms with Gasteiger partial charge in [-0.05, 0) is 37.5 Å². The average molecular weight is 310 g/mol. The van der Waals surface area contributed by atoms with Crippen LogP contribution in [0.4, 0.5) is 0 Å². The molecule has 3 aliphatic rings. The Morgan fingerprint density at radius 2 is 2.00 bits per heavy atom. The largest absolute Gasteiger partial charge is 0.480 e. The van der Waals surface area contributed by atoms with Crippen LogP contribution in [-0.2, 0) is 14.3 Å². The number of nitrogens with two attached hydrogens (primary N) is 1. The van der Waals surface area contributed by atoms with Crippen molar-refractivity contribution in [3.8, 4) is 0 Å². The number of carbonyl (C=O) groups is 2. The predicted octanol–water partition coefficient (Wildman–Crippen LogP) is 0.839. The van der Waals surface area contributed by atoms with Crippen LogP contribution >= 0.6 is 0 Å². The van der Waals surface area contributed by atoms with Gasteiger partial charge in [0.25, 0.3) is 0 Å². The highest BCUT2D eigenvalue weighted by Gasteiger charge is 2.69. The van der Waals surface area contributed by atoms with Crippen molar-refractivity contribution in [2.75, 3.05) is 6.54 Å². The van der Waals surface area contributed by atoms with E-state index >= 15 is 0 Å². The van der Waals surface area contributed by atoms with Crippen molar-refractivity contribution in [1.82, 2.24) is 4.90 Å². The van der Waals surface area contributed by atoms with E-state index < -0.39 is 18.1 Å². The molecule has 0 bridgehead atoms. The first-order valence-corrected chi connectivity index (χ1v) is 8.19. The maximum absolute atomic E-state index is 12.6. The van der Waals surface area contributed by atoms with E-state index in [0.717, 1.165) is 19.3 Å². The van der Waals surface area contributed by atoms with Gasteiger partial charge in [-0.25, -0.2) is 4.79 Å². The molecule has 0 unspecified atom stereocenters. The first-order chi connectivity index (χ1) is 10.2. The molecule has 2 saturated carbocycles. The van der Waals surface area contributed by atoms with Crippen LogP contribution in [0.5, 0.6) is 0 Å². The number of likely N-dealkylation sites (tertiary alicyclic amines) is 1. The van der Waals surface area contributed by atoms with Crippen LogP contribution in [0.1, 0.15) is 40.0 Å². The summed E-state index contributed by atoms with van der Waals surface area (Å²) in [5.74, 6) is -0.898. The van der Waals surface area contributed by atoms with Crippen LogP contribution in [0.2, 0.25) is 0 Å². The van der Waals surface area contributed by atoms with Gasteiger partial charge >= 0.3 is 5.97 Å². The molecule has 3 rings (SSSR count). The second kappa shape index (κ2) is 5.20. The van der Waals surface area contributed by atoms with Crippen LogP contribution in [0.3, 0.4) is 0 Å².